The van der Waals surface area contributed by atoms with Crippen molar-refractivity contribution in [1.29, 1.82) is 5.26 Å². The summed E-state index contributed by atoms with van der Waals surface area (Å²) in [6, 6.07) is 29.6. The molecule has 7 nitrogen and oxygen atoms in total. The van der Waals surface area contributed by atoms with Crippen molar-refractivity contribution in [1.82, 2.24) is 9.78 Å². The molecule has 1 amide bonds. The van der Waals surface area contributed by atoms with Gasteiger partial charge in [0.25, 0.3) is 5.91 Å². The van der Waals surface area contributed by atoms with Crippen molar-refractivity contribution in [2.45, 2.75) is 4.90 Å². The van der Waals surface area contributed by atoms with Gasteiger partial charge < -0.3 is 10.1 Å². The van der Waals surface area contributed by atoms with Crippen molar-refractivity contribution >= 4 is 29.3 Å². The van der Waals surface area contributed by atoms with Crippen LogP contribution < -0.4 is 5.32 Å². The summed E-state index contributed by atoms with van der Waals surface area (Å²) in [6.45, 7) is -0.462. The minimum atomic E-state index is -0.666. The fraction of sp³-hybridized carbons (Fsp3) is 0.0769. The van der Waals surface area contributed by atoms with Gasteiger partial charge in [0.1, 0.15) is 0 Å². The van der Waals surface area contributed by atoms with E-state index in [0.717, 1.165) is 10.5 Å². The molecule has 1 aromatic heterocycles. The molecule has 1 N–H and O–H groups in total. The molecular formula is C26H20N4O3S. The van der Waals surface area contributed by atoms with Gasteiger partial charge in [-0.3, -0.25) is 4.79 Å². The van der Waals surface area contributed by atoms with Crippen molar-refractivity contribution in [2.75, 3.05) is 17.7 Å². The maximum atomic E-state index is 12.9. The molecule has 168 valence electrons. The van der Waals surface area contributed by atoms with Crippen LogP contribution in [0.1, 0.15) is 10.5 Å². The van der Waals surface area contributed by atoms with Crippen LogP contribution in [0.25, 0.3) is 16.9 Å². The van der Waals surface area contributed by atoms with Crippen LogP contribution in [0.15, 0.2) is 95.9 Å². The van der Waals surface area contributed by atoms with E-state index < -0.39 is 18.5 Å². The molecule has 1 heterocycles. The molecule has 0 bridgehead atoms. The Morgan fingerprint density at radius 3 is 2.38 bits per heavy atom. The molecule has 4 rings (SSSR count). The molecule has 0 atom stereocenters. The molecule has 3 aromatic carbocycles. The first-order valence-electron chi connectivity index (χ1n) is 10.4. The lowest BCUT2D eigenvalue weighted by atomic mass is 10.1. The zero-order valence-corrected chi connectivity index (χ0v) is 18.9. The molecule has 0 aliphatic rings. The van der Waals surface area contributed by atoms with Gasteiger partial charge in [-0.05, 0) is 30.3 Å². The van der Waals surface area contributed by atoms with E-state index in [0.29, 0.717) is 17.1 Å². The number of amides is 1. The van der Waals surface area contributed by atoms with Gasteiger partial charge in [-0.1, -0.05) is 60.7 Å². The first-order valence-corrected chi connectivity index (χ1v) is 11.4. The average molecular weight is 469 g/mol. The third kappa shape index (κ3) is 5.52. The van der Waals surface area contributed by atoms with Gasteiger partial charge >= 0.3 is 5.97 Å². The molecule has 0 spiro atoms. The van der Waals surface area contributed by atoms with E-state index in [9.17, 15) is 9.59 Å². The first-order chi connectivity index (χ1) is 16.7. The number of anilines is 1. The van der Waals surface area contributed by atoms with Crippen molar-refractivity contribution in [3.63, 3.8) is 0 Å². The minimum absolute atomic E-state index is 0.211. The van der Waals surface area contributed by atoms with Crippen molar-refractivity contribution in [3.05, 3.63) is 96.7 Å². The summed E-state index contributed by atoms with van der Waals surface area (Å²) < 4.78 is 6.83. The first kappa shape index (κ1) is 22.8. The molecule has 0 saturated heterocycles. The van der Waals surface area contributed by atoms with Gasteiger partial charge in [-0.15, -0.1) is 11.8 Å². The summed E-state index contributed by atoms with van der Waals surface area (Å²) in [5, 5.41) is 16.1. The number of thioether (sulfide) groups is 1. The largest absolute Gasteiger partial charge is 0.451 e. The van der Waals surface area contributed by atoms with Crippen LogP contribution in [-0.2, 0) is 9.53 Å². The quantitative estimate of drug-likeness (QED) is 0.290. The fourth-order valence-electron chi connectivity index (χ4n) is 3.24. The number of para-hydroxylation sites is 2. The number of aromatic nitrogens is 2. The highest BCUT2D eigenvalue weighted by molar-refractivity contribution is 7.99. The zero-order valence-electron chi connectivity index (χ0n) is 18.0. The number of nitrogens with zero attached hydrogens (tertiary/aromatic N) is 3. The molecule has 0 saturated carbocycles. The Morgan fingerprint density at radius 2 is 1.65 bits per heavy atom. The average Bonchev–Trinajstić information content (AvgIpc) is 3.34. The van der Waals surface area contributed by atoms with E-state index in [1.165, 1.54) is 16.4 Å². The van der Waals surface area contributed by atoms with Gasteiger partial charge in [0, 0.05) is 10.5 Å². The Labute approximate surface area is 201 Å². The minimum Gasteiger partial charge on any atom is -0.451 e. The Balaban J connectivity index is 1.50. The summed E-state index contributed by atoms with van der Waals surface area (Å²) in [7, 11) is 0. The van der Waals surface area contributed by atoms with Gasteiger partial charge in [-0.25, -0.2) is 9.48 Å². The predicted molar refractivity (Wildman–Crippen MR) is 131 cm³/mol. The second-order valence-electron chi connectivity index (χ2n) is 7.10. The molecular weight excluding hydrogens is 448 g/mol. The highest BCUT2D eigenvalue weighted by Crippen LogP contribution is 2.26. The van der Waals surface area contributed by atoms with Gasteiger partial charge in [0.2, 0.25) is 0 Å². The third-order valence-corrected chi connectivity index (χ3v) is 5.72. The van der Waals surface area contributed by atoms with Crippen molar-refractivity contribution in [2.24, 2.45) is 0 Å². The molecule has 0 aliphatic heterocycles. The highest BCUT2D eigenvalue weighted by atomic mass is 32.2. The monoisotopic (exact) mass is 468 g/mol. The topological polar surface area (TPSA) is 97.0 Å². The summed E-state index contributed by atoms with van der Waals surface area (Å²) in [4.78, 5) is 26.2. The van der Waals surface area contributed by atoms with Crippen LogP contribution in [0.5, 0.6) is 0 Å². The molecule has 0 aliphatic carbocycles. The lowest BCUT2D eigenvalue weighted by Crippen LogP contribution is -2.22. The Hall–Kier alpha value is -4.35. The standard InChI is InChI=1S/C26H20N4O3S/c27-15-16-34-24-14-8-7-13-21(24)28-25(31)18-33-26(32)23-17-22(19-9-3-1-4-10-19)29-30(23)20-11-5-2-6-12-20/h1-14,17H,16,18H2,(H,28,31). The third-order valence-electron chi connectivity index (χ3n) is 4.78. The summed E-state index contributed by atoms with van der Waals surface area (Å²) in [5.74, 6) is -0.886. The second-order valence-corrected chi connectivity index (χ2v) is 8.11. The van der Waals surface area contributed by atoms with E-state index in [-0.39, 0.29) is 11.4 Å². The number of rotatable bonds is 8. The summed E-state index contributed by atoms with van der Waals surface area (Å²) in [6.07, 6.45) is 0. The normalized spacial score (nSPS) is 10.3. The van der Waals surface area contributed by atoms with Crippen LogP contribution in [-0.4, -0.2) is 34.0 Å². The van der Waals surface area contributed by atoms with E-state index in [1.807, 2.05) is 72.8 Å². The van der Waals surface area contributed by atoms with Gasteiger partial charge in [0.05, 0.1) is 28.9 Å². The van der Waals surface area contributed by atoms with Crippen LogP contribution in [0.2, 0.25) is 0 Å². The Bertz CT molecular complexity index is 1330. The number of esters is 1. The van der Waals surface area contributed by atoms with E-state index in [4.69, 9.17) is 10.00 Å². The van der Waals surface area contributed by atoms with E-state index in [1.54, 1.807) is 18.2 Å². The molecule has 0 radical (unpaired) electrons. The summed E-state index contributed by atoms with van der Waals surface area (Å²) in [5.41, 5.74) is 2.94. The highest BCUT2D eigenvalue weighted by Gasteiger charge is 2.20. The number of ether oxygens (including phenoxy) is 1. The van der Waals surface area contributed by atoms with Crippen LogP contribution in [0.3, 0.4) is 0 Å². The number of benzene rings is 3. The molecule has 34 heavy (non-hydrogen) atoms. The van der Waals surface area contributed by atoms with Gasteiger partial charge in [0.15, 0.2) is 12.3 Å². The van der Waals surface area contributed by atoms with Crippen LogP contribution in [0.4, 0.5) is 5.69 Å². The van der Waals surface area contributed by atoms with Crippen LogP contribution in [0, 0.1) is 11.3 Å². The fourth-order valence-corrected chi connectivity index (χ4v) is 3.91. The summed E-state index contributed by atoms with van der Waals surface area (Å²) >= 11 is 1.32. The zero-order chi connectivity index (χ0) is 23.8. The molecule has 8 heteroatoms. The number of carbonyl (C=O) groups excluding carboxylic acids is 2. The van der Waals surface area contributed by atoms with E-state index in [2.05, 4.69) is 16.5 Å². The number of nitriles is 1. The SMILES string of the molecule is N#CCSc1ccccc1NC(=O)COC(=O)c1cc(-c2ccccc2)nn1-c1ccccc1. The predicted octanol–water partition coefficient (Wildman–Crippen LogP) is 4.95. The lowest BCUT2D eigenvalue weighted by molar-refractivity contribution is -0.119. The molecule has 0 unspecified atom stereocenters. The maximum absolute atomic E-state index is 12.9. The van der Waals surface area contributed by atoms with Crippen molar-refractivity contribution < 1.29 is 14.3 Å². The van der Waals surface area contributed by atoms with Crippen molar-refractivity contribution in [3.8, 4) is 23.0 Å². The number of carbonyl (C=O) groups is 2. The lowest BCUT2D eigenvalue weighted by Gasteiger charge is -2.10. The molecule has 0 fully saturated rings. The molecule has 4 aromatic rings. The number of nitrogens with one attached hydrogen (secondary N) is 1. The smallest absolute Gasteiger partial charge is 0.357 e. The van der Waals surface area contributed by atoms with Gasteiger partial charge in [-0.2, -0.15) is 10.4 Å². The Kier molecular flexibility index (Phi) is 7.38. The second kappa shape index (κ2) is 11.0. The van der Waals surface area contributed by atoms with Crippen LogP contribution >= 0.6 is 11.8 Å². The number of hydrogen-bond acceptors (Lipinski definition) is 6. The maximum Gasteiger partial charge on any atom is 0.357 e. The number of hydrogen-bond donors (Lipinski definition) is 1. The Morgan fingerprint density at radius 1 is 0.971 bits per heavy atom. The van der Waals surface area contributed by atoms with E-state index >= 15 is 0 Å².